The topological polar surface area (TPSA) is 124 Å². The molecule has 1 rings (SSSR count). The quantitative estimate of drug-likeness (QED) is 0.316. The Morgan fingerprint density at radius 3 is 2.19 bits per heavy atom. The van der Waals surface area contributed by atoms with Gasteiger partial charge in [-0.2, -0.15) is 0 Å². The lowest BCUT2D eigenvalue weighted by atomic mass is 9.96. The Kier molecular flexibility index (Phi) is 8.05. The third-order valence-corrected chi connectivity index (χ3v) is 5.70. The number of phosphoric acid groups is 1. The van der Waals surface area contributed by atoms with Gasteiger partial charge in [-0.3, -0.25) is 9.09 Å². The molecule has 1 aliphatic heterocycles. The molecule has 1 heterocycles. The van der Waals surface area contributed by atoms with Crippen LogP contribution < -0.4 is 12.4 Å². The Labute approximate surface area is 130 Å². The molecule has 0 bridgehead atoms. The number of quaternary nitrogens is 1. The molecule has 2 unspecified atom stereocenters. The molecular weight excluding hydrogens is 344 g/mol. The minimum atomic E-state index is -4.92. The molecule has 2 atom stereocenters. The van der Waals surface area contributed by atoms with Crippen LogP contribution >= 0.6 is 15.4 Å². The highest BCUT2D eigenvalue weighted by molar-refractivity contribution is 7.53. The molecule has 1 fully saturated rings. The summed E-state index contributed by atoms with van der Waals surface area (Å²) in [5.74, 6) is -1.75. The van der Waals surface area contributed by atoms with E-state index in [4.69, 9.17) is 19.6 Å². The molecule has 0 saturated carbocycles. The molecule has 4 N–H and O–H groups in total. The molecule has 8 nitrogen and oxygen atoms in total. The summed E-state index contributed by atoms with van der Waals surface area (Å²) in [6.07, 6.45) is 3.51. The maximum Gasteiger partial charge on any atom is 0.470 e. The molecular formula is C10H24ClNO7P2. The van der Waals surface area contributed by atoms with E-state index in [-0.39, 0.29) is 24.9 Å². The molecule has 0 aromatic carbocycles. The second kappa shape index (κ2) is 7.86. The van der Waals surface area contributed by atoms with Gasteiger partial charge in [0.05, 0.1) is 26.7 Å². The van der Waals surface area contributed by atoms with Crippen LogP contribution in [0.2, 0.25) is 0 Å². The van der Waals surface area contributed by atoms with Gasteiger partial charge in [-0.15, -0.1) is 0 Å². The molecule has 0 amide bonds. The van der Waals surface area contributed by atoms with Crippen molar-refractivity contribution in [2.75, 3.05) is 20.6 Å². The second-order valence-electron chi connectivity index (χ2n) is 5.87. The van der Waals surface area contributed by atoms with Gasteiger partial charge in [0.15, 0.2) is 5.85 Å². The number of hydrogen-bond donors (Lipinski definition) is 4. The van der Waals surface area contributed by atoms with Crippen molar-refractivity contribution in [2.45, 2.75) is 44.0 Å². The number of piperidine rings is 1. The number of hydrogen-bond acceptors (Lipinski definition) is 3. The van der Waals surface area contributed by atoms with Crippen molar-refractivity contribution in [2.24, 2.45) is 0 Å². The summed E-state index contributed by atoms with van der Waals surface area (Å²) in [6, 6.07) is 0.221. The van der Waals surface area contributed by atoms with Crippen LogP contribution in [-0.2, 0) is 13.7 Å². The molecule has 1 saturated heterocycles. The van der Waals surface area contributed by atoms with Crippen molar-refractivity contribution in [3.63, 3.8) is 0 Å². The molecule has 0 spiro atoms. The monoisotopic (exact) mass is 367 g/mol. The Morgan fingerprint density at radius 1 is 1.19 bits per heavy atom. The minimum Gasteiger partial charge on any atom is -1.00 e. The van der Waals surface area contributed by atoms with Gasteiger partial charge in [0.2, 0.25) is 0 Å². The standard InChI is InChI=1S/C10H23NO7P2.ClH/c1-11(2)8-4-3-5-9(11)6-7-10(19(12,13)14)18-20(15,16)17;/h9-10H,3-8H2,1-2H3,(H3-,12,13,14,15,16,17);1H. The van der Waals surface area contributed by atoms with Gasteiger partial charge in [0.1, 0.15) is 0 Å². The van der Waals surface area contributed by atoms with Gasteiger partial charge in [0.25, 0.3) is 0 Å². The first-order valence-corrected chi connectivity index (χ1v) is 9.75. The van der Waals surface area contributed by atoms with Crippen molar-refractivity contribution in [3.05, 3.63) is 0 Å². The van der Waals surface area contributed by atoms with Crippen molar-refractivity contribution in [1.29, 1.82) is 0 Å². The number of nitrogens with zero attached hydrogens (tertiary/aromatic N) is 1. The van der Waals surface area contributed by atoms with Gasteiger partial charge in [-0.25, -0.2) is 4.57 Å². The number of rotatable bonds is 6. The summed E-state index contributed by atoms with van der Waals surface area (Å²) < 4.78 is 27.1. The van der Waals surface area contributed by atoms with E-state index in [2.05, 4.69) is 18.6 Å². The maximum atomic E-state index is 11.3. The molecule has 0 aromatic heterocycles. The molecule has 128 valence electrons. The van der Waals surface area contributed by atoms with Crippen molar-refractivity contribution >= 4 is 15.4 Å². The lowest BCUT2D eigenvalue weighted by Gasteiger charge is -2.42. The van der Waals surface area contributed by atoms with Gasteiger partial charge >= 0.3 is 15.4 Å². The van der Waals surface area contributed by atoms with Crippen LogP contribution in [0.5, 0.6) is 0 Å². The van der Waals surface area contributed by atoms with Crippen LogP contribution in [0.15, 0.2) is 0 Å². The Morgan fingerprint density at radius 2 is 1.76 bits per heavy atom. The summed E-state index contributed by atoms with van der Waals surface area (Å²) >= 11 is 0. The molecule has 21 heavy (non-hydrogen) atoms. The fourth-order valence-electron chi connectivity index (χ4n) is 2.70. The highest BCUT2D eigenvalue weighted by atomic mass is 35.5. The van der Waals surface area contributed by atoms with Gasteiger partial charge in [-0.05, 0) is 25.7 Å². The van der Waals surface area contributed by atoms with Gasteiger partial charge < -0.3 is 36.5 Å². The molecule has 0 aliphatic carbocycles. The van der Waals surface area contributed by atoms with Crippen molar-refractivity contribution in [1.82, 2.24) is 0 Å². The van der Waals surface area contributed by atoms with E-state index in [0.717, 1.165) is 30.3 Å². The fraction of sp³-hybridized carbons (Fsp3) is 1.00. The van der Waals surface area contributed by atoms with Crippen LogP contribution in [0.1, 0.15) is 32.1 Å². The highest BCUT2D eigenvalue weighted by Gasteiger charge is 2.38. The van der Waals surface area contributed by atoms with Crippen LogP contribution in [-0.4, -0.2) is 56.6 Å². The third-order valence-electron chi connectivity index (χ3n) is 3.89. The SMILES string of the molecule is C[N+]1(C)CCCCC1CCC(OP(=O)(O)O)P(=O)(O)O.[Cl-]. The van der Waals surface area contributed by atoms with E-state index in [1.165, 1.54) is 0 Å². The average Bonchev–Trinajstić information content (AvgIpc) is 2.22. The largest absolute Gasteiger partial charge is 1.00 e. The normalized spacial score (nSPS) is 24.2. The third kappa shape index (κ3) is 7.55. The zero-order valence-corrected chi connectivity index (χ0v) is 14.7. The van der Waals surface area contributed by atoms with Crippen LogP contribution in [0.4, 0.5) is 0 Å². The molecule has 0 aromatic rings. The summed E-state index contributed by atoms with van der Waals surface area (Å²) in [5.41, 5.74) is 0. The number of phosphoric ester groups is 1. The van der Waals surface area contributed by atoms with E-state index in [1.807, 2.05) is 0 Å². The van der Waals surface area contributed by atoms with Gasteiger partial charge in [-0.1, -0.05) is 0 Å². The van der Waals surface area contributed by atoms with Gasteiger partial charge in [0, 0.05) is 6.42 Å². The predicted molar refractivity (Wildman–Crippen MR) is 72.8 cm³/mol. The molecule has 1 aliphatic rings. The van der Waals surface area contributed by atoms with Crippen LogP contribution in [0, 0.1) is 0 Å². The first-order chi connectivity index (χ1) is 8.92. The zero-order chi connectivity index (χ0) is 15.6. The van der Waals surface area contributed by atoms with E-state index in [0.29, 0.717) is 6.42 Å². The maximum absolute atomic E-state index is 11.3. The van der Waals surface area contributed by atoms with Crippen LogP contribution in [0.25, 0.3) is 0 Å². The minimum absolute atomic E-state index is 0. The van der Waals surface area contributed by atoms with Crippen molar-refractivity contribution in [3.8, 4) is 0 Å². The summed E-state index contributed by atoms with van der Waals surface area (Å²) in [5, 5.41) is 0. The van der Waals surface area contributed by atoms with E-state index >= 15 is 0 Å². The average molecular weight is 368 g/mol. The number of halogens is 1. The lowest BCUT2D eigenvalue weighted by molar-refractivity contribution is -0.920. The highest BCUT2D eigenvalue weighted by Crippen LogP contribution is 2.52. The Balaban J connectivity index is 0.00000400. The Bertz CT molecular complexity index is 422. The Hall–Kier alpha value is 0.510. The molecule has 0 radical (unpaired) electrons. The lowest BCUT2D eigenvalue weighted by Crippen LogP contribution is -3.00. The molecule has 11 heteroatoms. The first-order valence-electron chi connectivity index (χ1n) is 6.54. The zero-order valence-electron chi connectivity index (χ0n) is 12.1. The summed E-state index contributed by atoms with van der Waals surface area (Å²) in [6.45, 7) is 0.991. The first kappa shape index (κ1) is 21.5. The number of likely N-dealkylation sites (tertiary alicyclic amines) is 1. The predicted octanol–water partition coefficient (Wildman–Crippen LogP) is -1.99. The van der Waals surface area contributed by atoms with Crippen LogP contribution in [0.3, 0.4) is 0 Å². The summed E-state index contributed by atoms with van der Waals surface area (Å²) in [4.78, 5) is 35.7. The van der Waals surface area contributed by atoms with Crippen molar-refractivity contribution < 1.29 is 50.1 Å². The fourth-order valence-corrected chi connectivity index (χ4v) is 4.47. The van der Waals surface area contributed by atoms with E-state index in [9.17, 15) is 9.13 Å². The summed E-state index contributed by atoms with van der Waals surface area (Å²) in [7, 11) is -5.51. The van der Waals surface area contributed by atoms with E-state index < -0.39 is 21.3 Å². The van der Waals surface area contributed by atoms with E-state index in [1.54, 1.807) is 0 Å². The smallest absolute Gasteiger partial charge is 0.470 e. The second-order valence-corrected chi connectivity index (χ2v) is 8.82.